The lowest BCUT2D eigenvalue weighted by Gasteiger charge is -2.12. The lowest BCUT2D eigenvalue weighted by Crippen LogP contribution is -2.10. The van der Waals surface area contributed by atoms with Gasteiger partial charge in [-0.05, 0) is 36.3 Å². The summed E-state index contributed by atoms with van der Waals surface area (Å²) in [6, 6.07) is 2.76. The first-order valence-corrected chi connectivity index (χ1v) is 5.05. The van der Waals surface area contributed by atoms with Gasteiger partial charge in [-0.15, -0.1) is 0 Å². The van der Waals surface area contributed by atoms with Gasteiger partial charge in [-0.1, -0.05) is 6.07 Å². The molecular formula is C10H10F4S. The van der Waals surface area contributed by atoms with E-state index in [0.717, 1.165) is 6.07 Å². The van der Waals surface area contributed by atoms with Crippen LogP contribution in [-0.2, 0) is 12.6 Å². The van der Waals surface area contributed by atoms with E-state index in [4.69, 9.17) is 0 Å². The van der Waals surface area contributed by atoms with Crippen molar-refractivity contribution in [1.82, 2.24) is 0 Å². The van der Waals surface area contributed by atoms with Crippen molar-refractivity contribution < 1.29 is 17.6 Å². The van der Waals surface area contributed by atoms with Crippen LogP contribution in [0.3, 0.4) is 0 Å². The molecular weight excluding hydrogens is 228 g/mol. The summed E-state index contributed by atoms with van der Waals surface area (Å²) in [7, 11) is 0. The van der Waals surface area contributed by atoms with E-state index >= 15 is 0 Å². The molecule has 0 saturated heterocycles. The third-order valence-corrected chi connectivity index (χ3v) is 2.30. The zero-order chi connectivity index (χ0) is 11.5. The fraction of sp³-hybridized carbons (Fsp3) is 0.400. The van der Waals surface area contributed by atoms with Crippen molar-refractivity contribution in [2.75, 3.05) is 5.75 Å². The number of aryl methyl sites for hydroxylation is 1. The first kappa shape index (κ1) is 12.4. The van der Waals surface area contributed by atoms with Gasteiger partial charge in [0.1, 0.15) is 5.82 Å². The van der Waals surface area contributed by atoms with Crippen molar-refractivity contribution in [3.05, 3.63) is 35.1 Å². The fourth-order valence-electron chi connectivity index (χ4n) is 1.30. The zero-order valence-electron chi connectivity index (χ0n) is 7.81. The van der Waals surface area contributed by atoms with Gasteiger partial charge in [0.15, 0.2) is 0 Å². The molecule has 0 N–H and O–H groups in total. The minimum Gasteiger partial charge on any atom is -0.207 e. The van der Waals surface area contributed by atoms with Crippen molar-refractivity contribution in [1.29, 1.82) is 0 Å². The lowest BCUT2D eigenvalue weighted by atomic mass is 10.0. The summed E-state index contributed by atoms with van der Waals surface area (Å²) in [5.41, 5.74) is -0.762. The van der Waals surface area contributed by atoms with E-state index in [1.807, 2.05) is 0 Å². The second kappa shape index (κ2) is 4.88. The molecule has 0 aromatic heterocycles. The molecule has 1 rings (SSSR count). The Morgan fingerprint density at radius 2 is 1.87 bits per heavy atom. The minimum atomic E-state index is -4.49. The number of halogens is 4. The monoisotopic (exact) mass is 238 g/mol. The van der Waals surface area contributed by atoms with Crippen LogP contribution in [0.2, 0.25) is 0 Å². The van der Waals surface area contributed by atoms with Crippen LogP contribution < -0.4 is 0 Å². The molecule has 0 aliphatic rings. The molecule has 0 aliphatic carbocycles. The molecule has 84 valence electrons. The molecule has 0 saturated carbocycles. The highest BCUT2D eigenvalue weighted by Gasteiger charge is 2.33. The van der Waals surface area contributed by atoms with Crippen molar-refractivity contribution in [3.63, 3.8) is 0 Å². The van der Waals surface area contributed by atoms with Gasteiger partial charge in [0, 0.05) is 0 Å². The molecule has 0 atom stereocenters. The number of hydrogen-bond acceptors (Lipinski definition) is 1. The van der Waals surface area contributed by atoms with Crippen LogP contribution in [0.25, 0.3) is 0 Å². The molecule has 0 fully saturated rings. The van der Waals surface area contributed by atoms with E-state index < -0.39 is 17.6 Å². The van der Waals surface area contributed by atoms with Crippen LogP contribution in [0.1, 0.15) is 17.5 Å². The van der Waals surface area contributed by atoms with Gasteiger partial charge in [0.05, 0.1) is 5.56 Å². The maximum Gasteiger partial charge on any atom is 0.416 e. The Labute approximate surface area is 90.7 Å². The topological polar surface area (TPSA) is 0 Å². The van der Waals surface area contributed by atoms with Gasteiger partial charge >= 0.3 is 6.18 Å². The summed E-state index contributed by atoms with van der Waals surface area (Å²) < 4.78 is 50.1. The summed E-state index contributed by atoms with van der Waals surface area (Å²) in [5, 5.41) is 0. The molecule has 0 spiro atoms. The van der Waals surface area contributed by atoms with E-state index in [-0.39, 0.29) is 12.0 Å². The van der Waals surface area contributed by atoms with Gasteiger partial charge in [0.25, 0.3) is 0 Å². The molecule has 0 heterocycles. The third kappa shape index (κ3) is 3.41. The van der Waals surface area contributed by atoms with Crippen molar-refractivity contribution in [3.8, 4) is 0 Å². The van der Waals surface area contributed by atoms with Gasteiger partial charge in [-0.25, -0.2) is 4.39 Å². The number of benzene rings is 1. The van der Waals surface area contributed by atoms with Crippen LogP contribution in [-0.4, -0.2) is 5.75 Å². The highest BCUT2D eigenvalue weighted by Crippen LogP contribution is 2.33. The smallest absolute Gasteiger partial charge is 0.207 e. The highest BCUT2D eigenvalue weighted by molar-refractivity contribution is 7.80. The van der Waals surface area contributed by atoms with E-state index in [9.17, 15) is 17.6 Å². The molecule has 0 radical (unpaired) electrons. The molecule has 1 aromatic rings. The van der Waals surface area contributed by atoms with Crippen molar-refractivity contribution in [2.24, 2.45) is 0 Å². The van der Waals surface area contributed by atoms with E-state index in [1.54, 1.807) is 0 Å². The van der Waals surface area contributed by atoms with Crippen LogP contribution in [0, 0.1) is 5.82 Å². The third-order valence-electron chi connectivity index (χ3n) is 1.98. The lowest BCUT2D eigenvalue weighted by molar-refractivity contribution is -0.138. The van der Waals surface area contributed by atoms with E-state index in [1.165, 1.54) is 6.07 Å². The number of alkyl halides is 3. The first-order chi connectivity index (χ1) is 6.95. The zero-order valence-corrected chi connectivity index (χ0v) is 8.71. The molecule has 0 nitrogen and oxygen atoms in total. The number of thiol groups is 1. The van der Waals surface area contributed by atoms with Crippen LogP contribution in [0.15, 0.2) is 18.2 Å². The Morgan fingerprint density at radius 1 is 1.20 bits per heavy atom. The Kier molecular flexibility index (Phi) is 4.02. The van der Waals surface area contributed by atoms with Crippen LogP contribution in [0.5, 0.6) is 0 Å². The molecule has 0 aliphatic heterocycles. The fourth-order valence-corrected chi connectivity index (χ4v) is 1.46. The Morgan fingerprint density at radius 3 is 2.40 bits per heavy atom. The van der Waals surface area contributed by atoms with E-state index in [2.05, 4.69) is 12.6 Å². The Balaban J connectivity index is 3.04. The standard InChI is InChI=1S/C10H10F4S/c11-8-4-3-7(2-1-5-15)9(6-8)10(12,13)14/h3-4,6,15H,1-2,5H2. The van der Waals surface area contributed by atoms with Crippen molar-refractivity contribution in [2.45, 2.75) is 19.0 Å². The predicted molar refractivity (Wildman–Crippen MR) is 53.6 cm³/mol. The number of hydrogen-bond donors (Lipinski definition) is 1. The summed E-state index contributed by atoms with van der Waals surface area (Å²) >= 11 is 3.92. The first-order valence-electron chi connectivity index (χ1n) is 4.41. The van der Waals surface area contributed by atoms with Gasteiger partial charge < -0.3 is 0 Å². The normalized spacial score (nSPS) is 11.8. The maximum atomic E-state index is 12.7. The van der Waals surface area contributed by atoms with Crippen LogP contribution in [0.4, 0.5) is 17.6 Å². The second-order valence-electron chi connectivity index (χ2n) is 3.13. The minimum absolute atomic E-state index is 0.123. The summed E-state index contributed by atoms with van der Waals surface area (Å²) in [4.78, 5) is 0. The number of rotatable bonds is 3. The van der Waals surface area contributed by atoms with Gasteiger partial charge in [-0.2, -0.15) is 25.8 Å². The summed E-state index contributed by atoms with van der Waals surface area (Å²) in [6.45, 7) is 0. The maximum absolute atomic E-state index is 12.7. The summed E-state index contributed by atoms with van der Waals surface area (Å²) in [5.74, 6) is -0.355. The van der Waals surface area contributed by atoms with Gasteiger partial charge in [0.2, 0.25) is 0 Å². The Bertz CT molecular complexity index is 333. The summed E-state index contributed by atoms with van der Waals surface area (Å²) in [6.07, 6.45) is -3.69. The Hall–Kier alpha value is -0.710. The predicted octanol–water partition coefficient (Wildman–Crippen LogP) is 3.71. The second-order valence-corrected chi connectivity index (χ2v) is 3.57. The molecule has 0 bridgehead atoms. The molecule has 5 heteroatoms. The quantitative estimate of drug-likeness (QED) is 0.602. The molecule has 15 heavy (non-hydrogen) atoms. The largest absolute Gasteiger partial charge is 0.416 e. The van der Waals surface area contributed by atoms with E-state index in [0.29, 0.717) is 18.2 Å². The van der Waals surface area contributed by atoms with Crippen LogP contribution >= 0.6 is 12.6 Å². The van der Waals surface area contributed by atoms with Gasteiger partial charge in [-0.3, -0.25) is 0 Å². The van der Waals surface area contributed by atoms with Crippen molar-refractivity contribution >= 4 is 12.6 Å². The SMILES string of the molecule is Fc1ccc(CCCS)c(C(F)(F)F)c1. The molecule has 1 aromatic carbocycles. The molecule has 0 unspecified atom stereocenters. The average molecular weight is 238 g/mol. The average Bonchev–Trinajstić information content (AvgIpc) is 2.14. The highest BCUT2D eigenvalue weighted by atomic mass is 32.1. The molecule has 0 amide bonds.